The molecule has 1 N–H and O–H groups in total. The molecule has 0 bridgehead atoms. The van der Waals surface area contributed by atoms with E-state index in [9.17, 15) is 9.59 Å². The third-order valence-electron chi connectivity index (χ3n) is 5.48. The highest BCUT2D eigenvalue weighted by Gasteiger charge is 2.25. The fraction of sp³-hybridized carbons (Fsp3) is 0.600. The van der Waals surface area contributed by atoms with Crippen molar-refractivity contribution >= 4 is 17.4 Å². The second-order valence-electron chi connectivity index (χ2n) is 7.57. The van der Waals surface area contributed by atoms with E-state index >= 15 is 0 Å². The number of anilines is 1. The van der Waals surface area contributed by atoms with E-state index in [4.69, 9.17) is 14.2 Å². The summed E-state index contributed by atoms with van der Waals surface area (Å²) in [5.74, 6) is 0.818. The van der Waals surface area contributed by atoms with E-state index in [0.29, 0.717) is 35.4 Å². The van der Waals surface area contributed by atoms with Crippen molar-refractivity contribution in [1.29, 1.82) is 0 Å². The van der Waals surface area contributed by atoms with Crippen LogP contribution in [0, 0.1) is 0 Å². The molecule has 3 aliphatic rings. The minimum absolute atomic E-state index is 0.125. The van der Waals surface area contributed by atoms with Gasteiger partial charge in [0.25, 0.3) is 0 Å². The molecular formula is C20H27N3O5. The molecule has 0 aliphatic carbocycles. The van der Waals surface area contributed by atoms with Gasteiger partial charge >= 0.3 is 0 Å². The van der Waals surface area contributed by atoms with Gasteiger partial charge in [-0.05, 0) is 25.8 Å². The molecule has 1 aromatic carbocycles. The van der Waals surface area contributed by atoms with Crippen LogP contribution in [0.25, 0.3) is 0 Å². The Morgan fingerprint density at radius 1 is 1.11 bits per heavy atom. The van der Waals surface area contributed by atoms with Gasteiger partial charge in [0, 0.05) is 51.0 Å². The maximum absolute atomic E-state index is 12.5. The number of hydrogen-bond donors (Lipinski definition) is 1. The van der Waals surface area contributed by atoms with E-state index in [2.05, 4.69) is 15.1 Å². The first-order valence-electron chi connectivity index (χ1n) is 9.89. The van der Waals surface area contributed by atoms with Gasteiger partial charge in [-0.2, -0.15) is 0 Å². The van der Waals surface area contributed by atoms with Gasteiger partial charge in [-0.25, -0.2) is 0 Å². The van der Waals surface area contributed by atoms with Gasteiger partial charge in [0.1, 0.15) is 0 Å². The van der Waals surface area contributed by atoms with Crippen LogP contribution >= 0.6 is 0 Å². The summed E-state index contributed by atoms with van der Waals surface area (Å²) in [4.78, 5) is 29.0. The van der Waals surface area contributed by atoms with Gasteiger partial charge < -0.3 is 19.5 Å². The van der Waals surface area contributed by atoms with Gasteiger partial charge in [0.2, 0.25) is 12.7 Å². The van der Waals surface area contributed by atoms with Crippen molar-refractivity contribution in [3.63, 3.8) is 0 Å². The standard InChI is InChI=1S/C20H27N3O5/c1-14(24)16-9-18-19(28-13-27-18)10-17(16)21-20(25)12-23-6-4-22(5-7-23)11-15-3-2-8-26-15/h9-10,15H,2-8,11-13H2,1H3,(H,21,25). The molecule has 152 valence electrons. The number of benzene rings is 1. The summed E-state index contributed by atoms with van der Waals surface area (Å²) in [5, 5.41) is 2.87. The number of rotatable bonds is 6. The predicted octanol–water partition coefficient (Wildman–Crippen LogP) is 1.35. The van der Waals surface area contributed by atoms with Crippen molar-refractivity contribution < 1.29 is 23.8 Å². The molecule has 2 fully saturated rings. The molecule has 8 nitrogen and oxygen atoms in total. The SMILES string of the molecule is CC(=O)c1cc2c(cc1NC(=O)CN1CCN(CC3CCCO3)CC1)OCO2. The molecule has 3 aliphatic heterocycles. The summed E-state index contributed by atoms with van der Waals surface area (Å²) in [6, 6.07) is 3.29. The lowest BCUT2D eigenvalue weighted by molar-refractivity contribution is -0.117. The van der Waals surface area contributed by atoms with Crippen LogP contribution < -0.4 is 14.8 Å². The zero-order valence-electron chi connectivity index (χ0n) is 16.2. The number of hydrogen-bond acceptors (Lipinski definition) is 7. The monoisotopic (exact) mass is 389 g/mol. The van der Waals surface area contributed by atoms with Crippen molar-refractivity contribution in [2.45, 2.75) is 25.9 Å². The summed E-state index contributed by atoms with van der Waals surface area (Å²) in [5.41, 5.74) is 0.901. The molecule has 1 unspecified atom stereocenters. The molecule has 0 spiro atoms. The van der Waals surface area contributed by atoms with Crippen LogP contribution in [0.3, 0.4) is 0 Å². The van der Waals surface area contributed by atoms with E-state index in [1.807, 2.05) is 0 Å². The first-order valence-corrected chi connectivity index (χ1v) is 9.89. The summed E-state index contributed by atoms with van der Waals surface area (Å²) in [6.07, 6.45) is 2.68. The highest BCUT2D eigenvalue weighted by Crippen LogP contribution is 2.37. The van der Waals surface area contributed by atoms with E-state index < -0.39 is 0 Å². The predicted molar refractivity (Wildman–Crippen MR) is 103 cm³/mol. The highest BCUT2D eigenvalue weighted by atomic mass is 16.7. The molecule has 1 aromatic rings. The number of fused-ring (bicyclic) bond motifs is 1. The van der Waals surface area contributed by atoms with Gasteiger partial charge in [-0.3, -0.25) is 19.4 Å². The molecule has 28 heavy (non-hydrogen) atoms. The number of piperazine rings is 1. The van der Waals surface area contributed by atoms with E-state index in [-0.39, 0.29) is 18.5 Å². The number of carbonyl (C=O) groups is 2. The second-order valence-corrected chi connectivity index (χ2v) is 7.57. The lowest BCUT2D eigenvalue weighted by Crippen LogP contribution is -2.50. The van der Waals surface area contributed by atoms with Crippen LogP contribution in [-0.2, 0) is 9.53 Å². The fourth-order valence-corrected chi connectivity index (χ4v) is 3.94. The largest absolute Gasteiger partial charge is 0.454 e. The summed E-state index contributed by atoms with van der Waals surface area (Å²) in [6.45, 7) is 7.35. The fourth-order valence-electron chi connectivity index (χ4n) is 3.94. The topological polar surface area (TPSA) is 80.3 Å². The Hall–Kier alpha value is -2.16. The molecule has 0 saturated carbocycles. The lowest BCUT2D eigenvalue weighted by Gasteiger charge is -2.35. The molecule has 0 radical (unpaired) electrons. The Balaban J connectivity index is 1.30. The lowest BCUT2D eigenvalue weighted by atomic mass is 10.1. The molecule has 4 rings (SSSR count). The van der Waals surface area contributed by atoms with Crippen molar-refractivity contribution in [2.75, 3.05) is 58.0 Å². The number of ketones is 1. The summed E-state index contributed by atoms with van der Waals surface area (Å²) < 4.78 is 16.4. The minimum atomic E-state index is -0.131. The number of nitrogens with zero attached hydrogens (tertiary/aromatic N) is 2. The normalized spacial score (nSPS) is 22.4. The smallest absolute Gasteiger partial charge is 0.238 e. The molecular weight excluding hydrogens is 362 g/mol. The number of ether oxygens (including phenoxy) is 3. The zero-order chi connectivity index (χ0) is 19.5. The Morgan fingerprint density at radius 2 is 1.82 bits per heavy atom. The quantitative estimate of drug-likeness (QED) is 0.736. The average Bonchev–Trinajstić information content (AvgIpc) is 3.33. The molecule has 2 saturated heterocycles. The van der Waals surface area contributed by atoms with Crippen LogP contribution in [0.2, 0.25) is 0 Å². The number of amides is 1. The Bertz CT molecular complexity index is 740. The maximum Gasteiger partial charge on any atom is 0.238 e. The van der Waals surface area contributed by atoms with Crippen molar-refractivity contribution in [2.24, 2.45) is 0 Å². The van der Waals surface area contributed by atoms with Gasteiger partial charge in [-0.1, -0.05) is 0 Å². The summed E-state index contributed by atoms with van der Waals surface area (Å²) >= 11 is 0. The minimum Gasteiger partial charge on any atom is -0.454 e. The molecule has 8 heteroatoms. The van der Waals surface area contributed by atoms with Crippen LogP contribution in [0.5, 0.6) is 11.5 Å². The molecule has 0 aromatic heterocycles. The number of Topliss-reactive ketones (excluding diaryl/α,β-unsaturated/α-hetero) is 1. The Kier molecular flexibility index (Phi) is 5.79. The Labute approximate surface area is 164 Å². The molecule has 1 atom stereocenters. The first-order chi connectivity index (χ1) is 13.6. The van der Waals surface area contributed by atoms with E-state index in [1.165, 1.54) is 6.92 Å². The second kappa shape index (κ2) is 8.46. The van der Waals surface area contributed by atoms with Crippen molar-refractivity contribution in [3.05, 3.63) is 17.7 Å². The Morgan fingerprint density at radius 3 is 2.50 bits per heavy atom. The van der Waals surface area contributed by atoms with E-state index in [0.717, 1.165) is 52.2 Å². The molecule has 1 amide bonds. The van der Waals surface area contributed by atoms with Crippen molar-refractivity contribution in [1.82, 2.24) is 9.80 Å². The highest BCUT2D eigenvalue weighted by molar-refractivity contribution is 6.05. The van der Waals surface area contributed by atoms with Crippen LogP contribution in [0.15, 0.2) is 12.1 Å². The van der Waals surface area contributed by atoms with Gasteiger partial charge in [0.05, 0.1) is 18.3 Å². The summed E-state index contributed by atoms with van der Waals surface area (Å²) in [7, 11) is 0. The first kappa shape index (κ1) is 19.2. The number of carbonyl (C=O) groups excluding carboxylic acids is 2. The average molecular weight is 389 g/mol. The van der Waals surface area contributed by atoms with Crippen LogP contribution in [0.1, 0.15) is 30.1 Å². The van der Waals surface area contributed by atoms with Gasteiger partial charge in [-0.15, -0.1) is 0 Å². The van der Waals surface area contributed by atoms with Crippen LogP contribution in [0.4, 0.5) is 5.69 Å². The maximum atomic E-state index is 12.5. The van der Waals surface area contributed by atoms with Crippen molar-refractivity contribution in [3.8, 4) is 11.5 Å². The van der Waals surface area contributed by atoms with Gasteiger partial charge in [0.15, 0.2) is 17.3 Å². The molecule has 3 heterocycles. The zero-order valence-corrected chi connectivity index (χ0v) is 16.2. The third kappa shape index (κ3) is 4.45. The van der Waals surface area contributed by atoms with E-state index in [1.54, 1.807) is 12.1 Å². The van der Waals surface area contributed by atoms with Crippen LogP contribution in [-0.4, -0.2) is 80.3 Å². The number of nitrogens with one attached hydrogen (secondary N) is 1. The third-order valence-corrected chi connectivity index (χ3v) is 5.48.